The monoisotopic (exact) mass is 368 g/mol. The van der Waals surface area contributed by atoms with E-state index in [1.54, 1.807) is 31.1 Å². The largest absolute Gasteiger partial charge is 0.493 e. The molecule has 0 atom stereocenters. The number of ketones is 1. The molecule has 0 unspecified atom stereocenters. The van der Waals surface area contributed by atoms with Crippen molar-refractivity contribution in [2.24, 2.45) is 5.92 Å². The molecule has 0 spiro atoms. The topological polar surface area (TPSA) is 40.0 Å². The highest BCUT2D eigenvalue weighted by Crippen LogP contribution is 2.28. The highest BCUT2D eigenvalue weighted by Gasteiger charge is 2.22. The summed E-state index contributed by atoms with van der Waals surface area (Å²) in [5.41, 5.74) is 2.10. The van der Waals surface area contributed by atoms with E-state index in [9.17, 15) is 4.79 Å². The van der Waals surface area contributed by atoms with Crippen LogP contribution in [0.4, 0.5) is 0 Å². The Labute approximate surface area is 162 Å². The Kier molecular flexibility index (Phi) is 6.88. The van der Waals surface area contributed by atoms with Gasteiger partial charge in [0.2, 0.25) is 0 Å². The van der Waals surface area contributed by atoms with Gasteiger partial charge in [0, 0.05) is 5.56 Å². The first-order valence-electron chi connectivity index (χ1n) is 9.85. The van der Waals surface area contributed by atoms with Gasteiger partial charge in [-0.25, -0.2) is 0 Å². The molecule has 144 valence electrons. The van der Waals surface area contributed by atoms with Gasteiger partial charge in [-0.1, -0.05) is 30.3 Å². The molecule has 2 aromatic rings. The number of nitrogens with one attached hydrogen (secondary N) is 1. The van der Waals surface area contributed by atoms with E-state index >= 15 is 0 Å². The molecule has 0 bridgehead atoms. The van der Waals surface area contributed by atoms with Crippen molar-refractivity contribution in [3.63, 3.8) is 0 Å². The summed E-state index contributed by atoms with van der Waals surface area (Å²) in [4.78, 5) is 13.1. The lowest BCUT2D eigenvalue weighted by Gasteiger charge is -2.29. The summed E-state index contributed by atoms with van der Waals surface area (Å²) in [5, 5.41) is 0. The molecule has 1 aliphatic heterocycles. The molecule has 1 saturated heterocycles. The van der Waals surface area contributed by atoms with Crippen molar-refractivity contribution in [1.29, 1.82) is 0 Å². The molecule has 27 heavy (non-hydrogen) atoms. The summed E-state index contributed by atoms with van der Waals surface area (Å²) in [6.45, 7) is 5.63. The zero-order valence-corrected chi connectivity index (χ0v) is 16.4. The maximum Gasteiger partial charge on any atom is 0.161 e. The van der Waals surface area contributed by atoms with Crippen molar-refractivity contribution >= 4 is 5.78 Å². The minimum Gasteiger partial charge on any atom is -0.493 e. The van der Waals surface area contributed by atoms with Gasteiger partial charge in [-0.05, 0) is 55.9 Å². The van der Waals surface area contributed by atoms with Gasteiger partial charge in [-0.15, -0.1) is 0 Å². The van der Waals surface area contributed by atoms with Crippen molar-refractivity contribution in [1.82, 2.24) is 0 Å². The number of hydrogen-bond acceptors (Lipinski definition) is 3. The number of piperidine rings is 1. The average Bonchev–Trinajstić information content (AvgIpc) is 2.70. The average molecular weight is 368 g/mol. The van der Waals surface area contributed by atoms with Crippen LogP contribution in [0.3, 0.4) is 0 Å². The van der Waals surface area contributed by atoms with E-state index in [1.807, 2.05) is 6.07 Å². The zero-order valence-electron chi connectivity index (χ0n) is 16.4. The lowest BCUT2D eigenvalue weighted by atomic mass is 9.90. The van der Waals surface area contributed by atoms with Crippen molar-refractivity contribution in [3.05, 3.63) is 59.7 Å². The summed E-state index contributed by atoms with van der Waals surface area (Å²) < 4.78 is 11.3. The van der Waals surface area contributed by atoms with Gasteiger partial charge in [0.15, 0.2) is 17.3 Å². The molecule has 0 aliphatic carbocycles. The van der Waals surface area contributed by atoms with E-state index in [-0.39, 0.29) is 5.78 Å². The highest BCUT2D eigenvalue weighted by molar-refractivity contribution is 5.94. The predicted molar refractivity (Wildman–Crippen MR) is 107 cm³/mol. The van der Waals surface area contributed by atoms with Crippen LogP contribution >= 0.6 is 0 Å². The first kappa shape index (κ1) is 19.4. The lowest BCUT2D eigenvalue weighted by molar-refractivity contribution is -0.906. The van der Waals surface area contributed by atoms with E-state index in [4.69, 9.17) is 9.47 Å². The number of benzene rings is 2. The Bertz CT molecular complexity index is 737. The van der Waals surface area contributed by atoms with Crippen LogP contribution < -0.4 is 14.4 Å². The van der Waals surface area contributed by atoms with Crippen LogP contribution in [0.1, 0.15) is 35.7 Å². The molecule has 4 nitrogen and oxygen atoms in total. The molecule has 0 amide bonds. The molecule has 0 saturated carbocycles. The van der Waals surface area contributed by atoms with Crippen molar-refractivity contribution in [3.8, 4) is 11.5 Å². The maximum absolute atomic E-state index is 11.5. The molecule has 0 aromatic heterocycles. The van der Waals surface area contributed by atoms with Crippen LogP contribution in [0.15, 0.2) is 48.5 Å². The zero-order chi connectivity index (χ0) is 19.1. The molecule has 1 aliphatic rings. The van der Waals surface area contributed by atoms with Gasteiger partial charge in [-0.2, -0.15) is 0 Å². The third kappa shape index (κ3) is 5.57. The van der Waals surface area contributed by atoms with Crippen molar-refractivity contribution in [2.45, 2.75) is 26.2 Å². The van der Waals surface area contributed by atoms with Crippen molar-refractivity contribution < 1.29 is 19.2 Å². The summed E-state index contributed by atoms with van der Waals surface area (Å²) in [6.07, 6.45) is 3.76. The molecule has 1 heterocycles. The number of carbonyl (C=O) groups excluding carboxylic acids is 1. The van der Waals surface area contributed by atoms with E-state index < -0.39 is 0 Å². The van der Waals surface area contributed by atoms with Crippen LogP contribution in [-0.2, 0) is 6.42 Å². The van der Waals surface area contributed by atoms with Gasteiger partial charge in [0.25, 0.3) is 0 Å². The second kappa shape index (κ2) is 9.56. The number of likely N-dealkylation sites (tertiary alicyclic amines) is 1. The number of hydrogen-bond donors (Lipinski definition) is 1. The predicted octanol–water partition coefficient (Wildman–Crippen LogP) is 2.81. The first-order chi connectivity index (χ1) is 13.2. The molecule has 2 aromatic carbocycles. The smallest absolute Gasteiger partial charge is 0.161 e. The Morgan fingerprint density at radius 1 is 1.07 bits per heavy atom. The molecular formula is C23H30NO3+. The number of carbonyl (C=O) groups is 1. The highest BCUT2D eigenvalue weighted by atomic mass is 16.5. The van der Waals surface area contributed by atoms with Crippen LogP contribution in [0.2, 0.25) is 0 Å². The summed E-state index contributed by atoms with van der Waals surface area (Å²) in [5.74, 6) is 2.17. The summed E-state index contributed by atoms with van der Waals surface area (Å²) in [7, 11) is 1.61. The number of quaternary nitrogens is 1. The number of rotatable bonds is 8. The molecule has 3 rings (SSSR count). The van der Waals surface area contributed by atoms with Crippen LogP contribution in [0.5, 0.6) is 11.5 Å². The molecule has 1 fully saturated rings. The summed E-state index contributed by atoms with van der Waals surface area (Å²) >= 11 is 0. The fourth-order valence-corrected chi connectivity index (χ4v) is 3.80. The Balaban J connectivity index is 1.42. The molecular weight excluding hydrogens is 338 g/mol. The second-order valence-electron chi connectivity index (χ2n) is 7.40. The Hall–Kier alpha value is -2.33. The maximum atomic E-state index is 11.5. The van der Waals surface area contributed by atoms with E-state index in [2.05, 4.69) is 30.3 Å². The normalized spacial score (nSPS) is 19.5. The fraction of sp³-hybridized carbons (Fsp3) is 0.435. The second-order valence-corrected chi connectivity index (χ2v) is 7.40. The van der Waals surface area contributed by atoms with Crippen molar-refractivity contribution in [2.75, 3.05) is 33.4 Å². The summed E-state index contributed by atoms with van der Waals surface area (Å²) in [6, 6.07) is 16.2. The van der Waals surface area contributed by atoms with Crippen LogP contribution in [0, 0.1) is 5.92 Å². The van der Waals surface area contributed by atoms with Gasteiger partial charge in [0.1, 0.15) is 13.2 Å². The third-order valence-electron chi connectivity index (χ3n) is 5.46. The van der Waals surface area contributed by atoms with Gasteiger partial charge >= 0.3 is 0 Å². The quantitative estimate of drug-likeness (QED) is 0.729. The molecule has 1 N–H and O–H groups in total. The fourth-order valence-electron chi connectivity index (χ4n) is 3.80. The van der Waals surface area contributed by atoms with E-state index in [1.165, 1.54) is 37.9 Å². The van der Waals surface area contributed by atoms with Crippen LogP contribution in [-0.4, -0.2) is 39.1 Å². The standard InChI is InChI=1S/C23H29NO3/c1-18(25)21-8-9-22(23(17-21)26-2)27-15-14-24-12-10-20(11-13-24)16-19-6-4-3-5-7-19/h3-9,17,20H,10-16H2,1-2H3/p+1. The molecule has 0 radical (unpaired) electrons. The van der Waals surface area contributed by atoms with E-state index in [0.29, 0.717) is 23.7 Å². The van der Waals surface area contributed by atoms with Gasteiger partial charge in [0.05, 0.1) is 20.2 Å². The SMILES string of the molecule is COc1cc(C(C)=O)ccc1OCC[NH+]1CCC(Cc2ccccc2)CC1. The Morgan fingerprint density at radius 2 is 1.81 bits per heavy atom. The molecule has 4 heteroatoms. The van der Waals surface area contributed by atoms with E-state index in [0.717, 1.165) is 12.5 Å². The van der Waals surface area contributed by atoms with Crippen LogP contribution in [0.25, 0.3) is 0 Å². The third-order valence-corrected chi connectivity index (χ3v) is 5.46. The minimum absolute atomic E-state index is 0.0302. The number of ether oxygens (including phenoxy) is 2. The minimum atomic E-state index is 0.0302. The number of methoxy groups -OCH3 is 1. The number of Topliss-reactive ketones (excluding diaryl/α,β-unsaturated/α-hetero) is 1. The lowest BCUT2D eigenvalue weighted by Crippen LogP contribution is -3.13. The Morgan fingerprint density at radius 3 is 2.48 bits per heavy atom. The first-order valence-corrected chi connectivity index (χ1v) is 9.85. The van der Waals surface area contributed by atoms with Gasteiger partial charge in [-0.3, -0.25) is 4.79 Å². The van der Waals surface area contributed by atoms with Gasteiger partial charge < -0.3 is 14.4 Å².